The molecule has 0 N–H and O–H groups in total. The predicted molar refractivity (Wildman–Crippen MR) is 85.3 cm³/mol. The standard InChI is InChI=1S/C19H25N/c1-2-3-4-7-17-14-19(10-5-6-11-19)15-18(17)16-8-12-20-13-9-16/h8-9,12-15H,2-7,10-11H2,1H3. The smallest absolute Gasteiger partial charge is 0.0273 e. The number of hydrogen-bond acceptors (Lipinski definition) is 1. The van der Waals surface area contributed by atoms with Crippen LogP contribution in [0.4, 0.5) is 0 Å². The molecule has 0 saturated heterocycles. The second-order valence-electron chi connectivity index (χ2n) is 6.36. The van der Waals surface area contributed by atoms with Crippen LogP contribution in [0.15, 0.2) is 42.3 Å². The normalized spacial score (nSPS) is 20.2. The summed E-state index contributed by atoms with van der Waals surface area (Å²) in [5, 5.41) is 0. The number of pyridine rings is 1. The van der Waals surface area contributed by atoms with Crippen LogP contribution >= 0.6 is 0 Å². The van der Waals surface area contributed by atoms with E-state index in [1.54, 1.807) is 5.57 Å². The summed E-state index contributed by atoms with van der Waals surface area (Å²) in [6.45, 7) is 2.28. The molecule has 2 aliphatic carbocycles. The van der Waals surface area contributed by atoms with Gasteiger partial charge < -0.3 is 0 Å². The van der Waals surface area contributed by atoms with Crippen LogP contribution in [0, 0.1) is 5.41 Å². The molecule has 1 heterocycles. The monoisotopic (exact) mass is 267 g/mol. The largest absolute Gasteiger partial charge is 0.265 e. The van der Waals surface area contributed by atoms with E-state index in [9.17, 15) is 0 Å². The fourth-order valence-corrected chi connectivity index (χ4v) is 3.74. The first-order valence-electron chi connectivity index (χ1n) is 8.18. The van der Waals surface area contributed by atoms with Gasteiger partial charge in [-0.2, -0.15) is 0 Å². The predicted octanol–water partition coefficient (Wildman–Crippen LogP) is 5.55. The second-order valence-corrected chi connectivity index (χ2v) is 6.36. The van der Waals surface area contributed by atoms with E-state index in [1.807, 2.05) is 12.4 Å². The fraction of sp³-hybridized carbons (Fsp3) is 0.526. The minimum atomic E-state index is 0.389. The van der Waals surface area contributed by atoms with Gasteiger partial charge in [0.05, 0.1) is 0 Å². The van der Waals surface area contributed by atoms with Gasteiger partial charge in [0.2, 0.25) is 0 Å². The molecule has 106 valence electrons. The van der Waals surface area contributed by atoms with Crippen molar-refractivity contribution in [1.82, 2.24) is 4.98 Å². The van der Waals surface area contributed by atoms with E-state index < -0.39 is 0 Å². The Kier molecular flexibility index (Phi) is 4.05. The van der Waals surface area contributed by atoms with Gasteiger partial charge in [0.25, 0.3) is 0 Å². The van der Waals surface area contributed by atoms with Crippen molar-refractivity contribution in [2.24, 2.45) is 5.41 Å². The maximum absolute atomic E-state index is 4.16. The van der Waals surface area contributed by atoms with Gasteiger partial charge in [-0.1, -0.05) is 44.8 Å². The van der Waals surface area contributed by atoms with Crippen molar-refractivity contribution in [3.05, 3.63) is 47.8 Å². The Labute approximate surface area is 122 Å². The van der Waals surface area contributed by atoms with Crippen LogP contribution in [0.1, 0.15) is 63.9 Å². The zero-order valence-corrected chi connectivity index (χ0v) is 12.6. The molecule has 0 radical (unpaired) electrons. The molecule has 1 heteroatoms. The third-order valence-electron chi connectivity index (χ3n) is 4.81. The highest BCUT2D eigenvalue weighted by Gasteiger charge is 2.35. The Morgan fingerprint density at radius 3 is 2.50 bits per heavy atom. The fourth-order valence-electron chi connectivity index (χ4n) is 3.74. The molecule has 0 aromatic carbocycles. The van der Waals surface area contributed by atoms with E-state index in [0.29, 0.717) is 5.41 Å². The molecule has 3 rings (SSSR count). The Morgan fingerprint density at radius 2 is 1.80 bits per heavy atom. The Morgan fingerprint density at radius 1 is 1.05 bits per heavy atom. The first-order chi connectivity index (χ1) is 9.83. The summed E-state index contributed by atoms with van der Waals surface area (Å²) in [5.74, 6) is 0. The molecular weight excluding hydrogens is 242 g/mol. The van der Waals surface area contributed by atoms with E-state index in [0.717, 1.165) is 0 Å². The van der Waals surface area contributed by atoms with Crippen LogP contribution in [0.5, 0.6) is 0 Å². The summed E-state index contributed by atoms with van der Waals surface area (Å²) < 4.78 is 0. The van der Waals surface area contributed by atoms with Gasteiger partial charge in [-0.05, 0) is 54.5 Å². The minimum Gasteiger partial charge on any atom is -0.265 e. The van der Waals surface area contributed by atoms with E-state index in [2.05, 4.69) is 36.2 Å². The zero-order chi connectivity index (χ0) is 13.8. The van der Waals surface area contributed by atoms with Crippen LogP contribution in [-0.4, -0.2) is 4.98 Å². The SMILES string of the molecule is CCCCCC1=CC2(C=C1c1ccncc1)CCCC2. The summed E-state index contributed by atoms with van der Waals surface area (Å²) in [6.07, 6.45) is 19.7. The minimum absolute atomic E-state index is 0.389. The number of aromatic nitrogens is 1. The Hall–Kier alpha value is -1.37. The molecule has 1 aromatic heterocycles. The molecule has 1 saturated carbocycles. The summed E-state index contributed by atoms with van der Waals surface area (Å²) in [4.78, 5) is 4.16. The van der Waals surface area contributed by atoms with Gasteiger partial charge in [-0.15, -0.1) is 0 Å². The maximum Gasteiger partial charge on any atom is 0.0273 e. The van der Waals surface area contributed by atoms with Crippen molar-refractivity contribution in [2.45, 2.75) is 58.3 Å². The van der Waals surface area contributed by atoms with Gasteiger partial charge in [-0.3, -0.25) is 4.98 Å². The topological polar surface area (TPSA) is 12.9 Å². The average molecular weight is 267 g/mol. The molecule has 1 spiro atoms. The lowest BCUT2D eigenvalue weighted by molar-refractivity contribution is 0.520. The van der Waals surface area contributed by atoms with Crippen molar-refractivity contribution in [3.63, 3.8) is 0 Å². The number of allylic oxidation sites excluding steroid dienone is 4. The Balaban J connectivity index is 1.86. The van der Waals surface area contributed by atoms with Crippen molar-refractivity contribution in [2.75, 3.05) is 0 Å². The highest BCUT2D eigenvalue weighted by atomic mass is 14.6. The van der Waals surface area contributed by atoms with Crippen molar-refractivity contribution in [3.8, 4) is 0 Å². The average Bonchev–Trinajstić information content (AvgIpc) is 3.08. The van der Waals surface area contributed by atoms with Gasteiger partial charge in [0.15, 0.2) is 0 Å². The molecule has 0 unspecified atom stereocenters. The summed E-state index contributed by atoms with van der Waals surface area (Å²) in [6, 6.07) is 4.32. The third-order valence-corrected chi connectivity index (χ3v) is 4.81. The molecule has 0 amide bonds. The summed E-state index contributed by atoms with van der Waals surface area (Å²) in [5.41, 5.74) is 4.82. The molecule has 1 aromatic rings. The summed E-state index contributed by atoms with van der Waals surface area (Å²) >= 11 is 0. The third kappa shape index (κ3) is 2.72. The number of rotatable bonds is 5. The lowest BCUT2D eigenvalue weighted by Crippen LogP contribution is -2.05. The van der Waals surface area contributed by atoms with Gasteiger partial charge >= 0.3 is 0 Å². The number of nitrogens with zero attached hydrogens (tertiary/aromatic N) is 1. The number of unbranched alkanes of at least 4 members (excludes halogenated alkanes) is 2. The van der Waals surface area contributed by atoms with E-state index >= 15 is 0 Å². The van der Waals surface area contributed by atoms with Crippen LogP contribution < -0.4 is 0 Å². The first-order valence-corrected chi connectivity index (χ1v) is 8.18. The van der Waals surface area contributed by atoms with Crippen LogP contribution in [0.25, 0.3) is 5.57 Å². The Bertz CT molecular complexity index is 504. The molecule has 1 fully saturated rings. The maximum atomic E-state index is 4.16. The molecule has 1 nitrogen and oxygen atoms in total. The molecule has 0 aliphatic heterocycles. The molecule has 2 aliphatic rings. The van der Waals surface area contributed by atoms with Gasteiger partial charge in [-0.25, -0.2) is 0 Å². The quantitative estimate of drug-likeness (QED) is 0.638. The van der Waals surface area contributed by atoms with Crippen molar-refractivity contribution >= 4 is 5.57 Å². The lowest BCUT2D eigenvalue weighted by atomic mass is 9.88. The second kappa shape index (κ2) is 5.95. The van der Waals surface area contributed by atoms with Crippen molar-refractivity contribution in [1.29, 1.82) is 0 Å². The molecular formula is C19H25N. The first kappa shape index (κ1) is 13.6. The van der Waals surface area contributed by atoms with Crippen LogP contribution in [0.3, 0.4) is 0 Å². The highest BCUT2D eigenvalue weighted by molar-refractivity contribution is 5.82. The lowest BCUT2D eigenvalue weighted by Gasteiger charge is -2.16. The van der Waals surface area contributed by atoms with Crippen LogP contribution in [0.2, 0.25) is 0 Å². The molecule has 20 heavy (non-hydrogen) atoms. The van der Waals surface area contributed by atoms with E-state index in [4.69, 9.17) is 0 Å². The van der Waals surface area contributed by atoms with E-state index in [-0.39, 0.29) is 0 Å². The van der Waals surface area contributed by atoms with Crippen molar-refractivity contribution < 1.29 is 0 Å². The van der Waals surface area contributed by atoms with Gasteiger partial charge in [0.1, 0.15) is 0 Å². The number of hydrogen-bond donors (Lipinski definition) is 0. The van der Waals surface area contributed by atoms with Crippen LogP contribution in [-0.2, 0) is 0 Å². The van der Waals surface area contributed by atoms with Gasteiger partial charge in [0, 0.05) is 17.8 Å². The van der Waals surface area contributed by atoms with E-state index in [1.165, 1.54) is 62.5 Å². The highest BCUT2D eigenvalue weighted by Crippen LogP contribution is 2.50. The summed E-state index contributed by atoms with van der Waals surface area (Å²) in [7, 11) is 0. The zero-order valence-electron chi connectivity index (χ0n) is 12.6. The molecule has 0 atom stereocenters. The molecule has 0 bridgehead atoms.